The molecular formula is C11H22N2O3. The van der Waals surface area contributed by atoms with E-state index >= 15 is 0 Å². The number of rotatable bonds is 6. The first kappa shape index (κ1) is 14.9. The molecule has 0 aliphatic carbocycles. The second-order valence-corrected chi connectivity index (χ2v) is 4.78. The Morgan fingerprint density at radius 2 is 1.94 bits per heavy atom. The highest BCUT2D eigenvalue weighted by molar-refractivity contribution is 5.86. The third-order valence-electron chi connectivity index (χ3n) is 2.34. The van der Waals surface area contributed by atoms with Gasteiger partial charge in [0.25, 0.3) is 0 Å². The van der Waals surface area contributed by atoms with Gasteiger partial charge in [0, 0.05) is 20.1 Å². The van der Waals surface area contributed by atoms with Gasteiger partial charge in [-0.1, -0.05) is 13.8 Å². The molecular weight excluding hydrogens is 208 g/mol. The molecule has 0 aromatic carbocycles. The molecule has 0 aromatic rings. The van der Waals surface area contributed by atoms with Crippen LogP contribution in [0.5, 0.6) is 0 Å². The normalized spacial score (nSPS) is 13.1. The van der Waals surface area contributed by atoms with Crippen molar-refractivity contribution in [1.29, 1.82) is 0 Å². The Balaban J connectivity index is 4.01. The molecule has 0 rings (SSSR count). The second kappa shape index (κ2) is 6.48. The van der Waals surface area contributed by atoms with Crippen LogP contribution in [-0.4, -0.2) is 36.1 Å². The zero-order valence-electron chi connectivity index (χ0n) is 10.5. The lowest BCUT2D eigenvalue weighted by molar-refractivity contribution is -0.127. The summed E-state index contributed by atoms with van der Waals surface area (Å²) < 4.78 is 0. The highest BCUT2D eigenvalue weighted by Gasteiger charge is 2.20. The zero-order chi connectivity index (χ0) is 12.8. The molecule has 94 valence electrons. The van der Waals surface area contributed by atoms with Crippen LogP contribution in [0, 0.1) is 5.41 Å². The van der Waals surface area contributed by atoms with Gasteiger partial charge in [0.1, 0.15) is 6.04 Å². The van der Waals surface area contributed by atoms with Gasteiger partial charge in [-0.15, -0.1) is 0 Å². The highest BCUT2D eigenvalue weighted by atomic mass is 16.3. The fourth-order valence-corrected chi connectivity index (χ4v) is 1.24. The maximum Gasteiger partial charge on any atom is 0.242 e. The first-order valence-electron chi connectivity index (χ1n) is 5.44. The molecule has 16 heavy (non-hydrogen) atoms. The van der Waals surface area contributed by atoms with E-state index in [-0.39, 0.29) is 23.8 Å². The maximum atomic E-state index is 11.5. The molecule has 0 aromatic heterocycles. The lowest BCUT2D eigenvalue weighted by Gasteiger charge is -2.24. The number of nitrogens with one attached hydrogen (secondary N) is 2. The Morgan fingerprint density at radius 3 is 2.38 bits per heavy atom. The molecule has 5 nitrogen and oxygen atoms in total. The largest absolute Gasteiger partial charge is 0.396 e. The van der Waals surface area contributed by atoms with Crippen LogP contribution in [0.2, 0.25) is 0 Å². The van der Waals surface area contributed by atoms with Crippen molar-refractivity contribution in [2.45, 2.75) is 40.2 Å². The van der Waals surface area contributed by atoms with Gasteiger partial charge in [0.05, 0.1) is 0 Å². The van der Waals surface area contributed by atoms with E-state index in [0.29, 0.717) is 13.0 Å². The van der Waals surface area contributed by atoms with Crippen LogP contribution in [0.4, 0.5) is 0 Å². The molecule has 0 saturated heterocycles. The van der Waals surface area contributed by atoms with E-state index in [2.05, 4.69) is 10.6 Å². The van der Waals surface area contributed by atoms with E-state index in [1.807, 2.05) is 13.8 Å². The zero-order valence-corrected chi connectivity index (χ0v) is 10.5. The maximum absolute atomic E-state index is 11.5. The molecule has 0 aliphatic heterocycles. The molecule has 0 fully saturated rings. The molecule has 0 aliphatic rings. The standard InChI is InChI=1S/C11H22N2O3/c1-8(13-9(2)15)10(16)12-7-11(3,4)5-6-14/h8,14H,5-7H2,1-4H3,(H,12,16)(H,13,15). The van der Waals surface area contributed by atoms with Crippen LogP contribution in [0.25, 0.3) is 0 Å². The van der Waals surface area contributed by atoms with Crippen LogP contribution >= 0.6 is 0 Å². The lowest BCUT2D eigenvalue weighted by atomic mass is 9.90. The van der Waals surface area contributed by atoms with Crippen molar-refractivity contribution >= 4 is 11.8 Å². The second-order valence-electron chi connectivity index (χ2n) is 4.78. The third kappa shape index (κ3) is 6.40. The molecule has 1 atom stereocenters. The summed E-state index contributed by atoms with van der Waals surface area (Å²) in [5, 5.41) is 14.1. The summed E-state index contributed by atoms with van der Waals surface area (Å²) in [5.74, 6) is -0.432. The topological polar surface area (TPSA) is 78.4 Å². The SMILES string of the molecule is CC(=O)NC(C)C(=O)NCC(C)(C)CCO. The van der Waals surface area contributed by atoms with Crippen LogP contribution < -0.4 is 10.6 Å². The molecule has 0 bridgehead atoms. The van der Waals surface area contributed by atoms with Crippen LogP contribution in [0.15, 0.2) is 0 Å². The predicted octanol–water partition coefficient (Wildman–Crippen LogP) is 0.0358. The number of hydrogen-bond donors (Lipinski definition) is 3. The van der Waals surface area contributed by atoms with Crippen LogP contribution in [0.1, 0.15) is 34.1 Å². The molecule has 0 radical (unpaired) electrons. The summed E-state index contributed by atoms with van der Waals surface area (Å²) >= 11 is 0. The summed E-state index contributed by atoms with van der Waals surface area (Å²) in [6, 6.07) is -0.526. The van der Waals surface area contributed by atoms with Gasteiger partial charge in [-0.25, -0.2) is 0 Å². The summed E-state index contributed by atoms with van der Waals surface area (Å²) in [4.78, 5) is 22.3. The van der Waals surface area contributed by atoms with E-state index < -0.39 is 6.04 Å². The molecule has 0 heterocycles. The highest BCUT2D eigenvalue weighted by Crippen LogP contribution is 2.17. The van der Waals surface area contributed by atoms with Crippen molar-refractivity contribution < 1.29 is 14.7 Å². The van der Waals surface area contributed by atoms with Gasteiger partial charge >= 0.3 is 0 Å². The Kier molecular flexibility index (Phi) is 6.03. The van der Waals surface area contributed by atoms with Gasteiger partial charge < -0.3 is 15.7 Å². The molecule has 0 saturated carbocycles. The Labute approximate surface area is 96.6 Å². The Bertz CT molecular complexity index is 252. The fourth-order valence-electron chi connectivity index (χ4n) is 1.24. The van der Waals surface area contributed by atoms with Gasteiger partial charge in [-0.2, -0.15) is 0 Å². The minimum absolute atomic E-state index is 0.101. The van der Waals surface area contributed by atoms with Gasteiger partial charge in [0.15, 0.2) is 0 Å². The third-order valence-corrected chi connectivity index (χ3v) is 2.34. The predicted molar refractivity (Wildman–Crippen MR) is 61.8 cm³/mol. The monoisotopic (exact) mass is 230 g/mol. The number of amides is 2. The van der Waals surface area contributed by atoms with E-state index in [1.54, 1.807) is 6.92 Å². The summed E-state index contributed by atoms with van der Waals surface area (Å²) in [7, 11) is 0. The van der Waals surface area contributed by atoms with Crippen molar-refractivity contribution in [2.75, 3.05) is 13.2 Å². The summed E-state index contributed by atoms with van der Waals surface area (Å²) in [6.45, 7) is 7.52. The molecule has 0 spiro atoms. The smallest absolute Gasteiger partial charge is 0.242 e. The van der Waals surface area contributed by atoms with Gasteiger partial charge in [-0.3, -0.25) is 9.59 Å². The minimum Gasteiger partial charge on any atom is -0.396 e. The van der Waals surface area contributed by atoms with Gasteiger partial charge in [-0.05, 0) is 18.8 Å². The van der Waals surface area contributed by atoms with Gasteiger partial charge in [0.2, 0.25) is 11.8 Å². The molecule has 2 amide bonds. The first-order chi connectivity index (χ1) is 7.28. The van der Waals surface area contributed by atoms with E-state index in [4.69, 9.17) is 5.11 Å². The average Bonchev–Trinajstić information content (AvgIpc) is 2.13. The number of carbonyl (C=O) groups excluding carboxylic acids is 2. The number of carbonyl (C=O) groups is 2. The first-order valence-corrected chi connectivity index (χ1v) is 5.44. The number of hydrogen-bond acceptors (Lipinski definition) is 3. The average molecular weight is 230 g/mol. The van der Waals surface area contributed by atoms with Crippen molar-refractivity contribution in [3.05, 3.63) is 0 Å². The quantitative estimate of drug-likeness (QED) is 0.602. The number of aliphatic hydroxyl groups excluding tert-OH is 1. The van der Waals surface area contributed by atoms with Crippen molar-refractivity contribution in [3.63, 3.8) is 0 Å². The molecule has 1 unspecified atom stereocenters. The van der Waals surface area contributed by atoms with Crippen molar-refractivity contribution in [1.82, 2.24) is 10.6 Å². The molecule has 5 heteroatoms. The van der Waals surface area contributed by atoms with E-state index in [0.717, 1.165) is 0 Å². The Morgan fingerprint density at radius 1 is 1.38 bits per heavy atom. The number of aliphatic hydroxyl groups is 1. The van der Waals surface area contributed by atoms with Crippen LogP contribution in [0.3, 0.4) is 0 Å². The van der Waals surface area contributed by atoms with Crippen LogP contribution in [-0.2, 0) is 9.59 Å². The lowest BCUT2D eigenvalue weighted by Crippen LogP contribution is -2.46. The van der Waals surface area contributed by atoms with E-state index in [9.17, 15) is 9.59 Å². The van der Waals surface area contributed by atoms with Crippen molar-refractivity contribution in [3.8, 4) is 0 Å². The minimum atomic E-state index is -0.526. The summed E-state index contributed by atoms with van der Waals surface area (Å²) in [6.07, 6.45) is 0.627. The van der Waals surface area contributed by atoms with E-state index in [1.165, 1.54) is 6.92 Å². The molecule has 3 N–H and O–H groups in total. The fraction of sp³-hybridized carbons (Fsp3) is 0.818. The summed E-state index contributed by atoms with van der Waals surface area (Å²) in [5.41, 5.74) is -0.139. The Hall–Kier alpha value is -1.10. The van der Waals surface area contributed by atoms with Crippen molar-refractivity contribution in [2.24, 2.45) is 5.41 Å².